The van der Waals surface area contributed by atoms with Crippen LogP contribution in [0.2, 0.25) is 0 Å². The normalized spacial score (nSPS) is 18.6. The number of hydrogen-bond acceptors (Lipinski definition) is 2. The molecule has 1 aliphatic rings. The molecule has 1 aliphatic carbocycles. The van der Waals surface area contributed by atoms with Gasteiger partial charge >= 0.3 is 0 Å². The fraction of sp³-hybridized carbons (Fsp3) is 0.667. The van der Waals surface area contributed by atoms with Gasteiger partial charge in [0.05, 0.1) is 0 Å². The van der Waals surface area contributed by atoms with E-state index >= 15 is 0 Å². The lowest BCUT2D eigenvalue weighted by atomic mass is 9.89. The molecular formula is C12H19NS. The molecule has 2 heteroatoms. The monoisotopic (exact) mass is 209 g/mol. The van der Waals surface area contributed by atoms with E-state index < -0.39 is 0 Å². The largest absolute Gasteiger partial charge is 0.312 e. The first-order valence-electron chi connectivity index (χ1n) is 5.67. The number of rotatable bonds is 4. The van der Waals surface area contributed by atoms with Gasteiger partial charge in [-0.3, -0.25) is 0 Å². The van der Waals surface area contributed by atoms with E-state index in [-0.39, 0.29) is 0 Å². The molecule has 0 unspecified atom stereocenters. The van der Waals surface area contributed by atoms with Gasteiger partial charge in [-0.2, -0.15) is 11.3 Å². The number of thiophene rings is 1. The third kappa shape index (κ3) is 3.10. The second kappa shape index (κ2) is 5.52. The molecule has 0 bridgehead atoms. The van der Waals surface area contributed by atoms with Gasteiger partial charge in [-0.1, -0.05) is 19.3 Å². The molecule has 1 aromatic rings. The summed E-state index contributed by atoms with van der Waals surface area (Å²) in [6, 6.07) is 2.21. The fourth-order valence-corrected chi connectivity index (χ4v) is 2.87. The molecule has 0 aliphatic heterocycles. The quantitative estimate of drug-likeness (QED) is 0.801. The van der Waals surface area contributed by atoms with Crippen LogP contribution in [0.1, 0.15) is 37.7 Å². The van der Waals surface area contributed by atoms with Gasteiger partial charge in [0.2, 0.25) is 0 Å². The van der Waals surface area contributed by atoms with Crippen LogP contribution < -0.4 is 5.32 Å². The molecule has 14 heavy (non-hydrogen) atoms. The van der Waals surface area contributed by atoms with E-state index in [1.807, 2.05) is 0 Å². The molecule has 0 aromatic carbocycles. The Balaban J connectivity index is 1.62. The lowest BCUT2D eigenvalue weighted by molar-refractivity contribution is 0.342. The van der Waals surface area contributed by atoms with E-state index in [1.165, 1.54) is 44.2 Å². The highest BCUT2D eigenvalue weighted by Crippen LogP contribution is 2.22. The molecule has 0 radical (unpaired) electrons. The summed E-state index contributed by atoms with van der Waals surface area (Å²) in [6.07, 6.45) is 7.24. The predicted molar refractivity (Wildman–Crippen MR) is 62.6 cm³/mol. The minimum absolute atomic E-state index is 0.947. The summed E-state index contributed by atoms with van der Waals surface area (Å²) in [4.78, 5) is 0. The third-order valence-electron chi connectivity index (χ3n) is 3.07. The van der Waals surface area contributed by atoms with E-state index in [2.05, 4.69) is 22.1 Å². The standard InChI is InChI=1S/C12H19NS/c1-2-4-11(5-3-1)8-13-9-12-6-7-14-10-12/h6-7,10-11,13H,1-5,8-9H2. The minimum atomic E-state index is 0.947. The average Bonchev–Trinajstić information content (AvgIpc) is 2.72. The van der Waals surface area contributed by atoms with E-state index in [0.29, 0.717) is 0 Å². The van der Waals surface area contributed by atoms with Gasteiger partial charge in [0.25, 0.3) is 0 Å². The Hall–Kier alpha value is -0.340. The molecule has 1 saturated carbocycles. The van der Waals surface area contributed by atoms with Gasteiger partial charge in [0.15, 0.2) is 0 Å². The summed E-state index contributed by atoms with van der Waals surface area (Å²) in [6.45, 7) is 2.27. The highest BCUT2D eigenvalue weighted by molar-refractivity contribution is 7.07. The van der Waals surface area contributed by atoms with Crippen molar-refractivity contribution in [1.29, 1.82) is 0 Å². The van der Waals surface area contributed by atoms with Crippen molar-refractivity contribution in [1.82, 2.24) is 5.32 Å². The summed E-state index contributed by atoms with van der Waals surface area (Å²) < 4.78 is 0. The Bertz CT molecular complexity index is 237. The average molecular weight is 209 g/mol. The third-order valence-corrected chi connectivity index (χ3v) is 3.80. The maximum Gasteiger partial charge on any atom is 0.0213 e. The molecule has 0 saturated heterocycles. The van der Waals surface area contributed by atoms with Gasteiger partial charge in [-0.05, 0) is 47.7 Å². The van der Waals surface area contributed by atoms with Crippen molar-refractivity contribution < 1.29 is 0 Å². The first-order valence-corrected chi connectivity index (χ1v) is 6.61. The molecule has 78 valence electrons. The molecular weight excluding hydrogens is 190 g/mol. The zero-order chi connectivity index (χ0) is 9.64. The summed E-state index contributed by atoms with van der Waals surface area (Å²) in [7, 11) is 0. The molecule has 0 amide bonds. The van der Waals surface area contributed by atoms with Crippen molar-refractivity contribution in [2.45, 2.75) is 38.6 Å². The van der Waals surface area contributed by atoms with Gasteiger partial charge in [0.1, 0.15) is 0 Å². The van der Waals surface area contributed by atoms with Gasteiger partial charge < -0.3 is 5.32 Å². The summed E-state index contributed by atoms with van der Waals surface area (Å²) in [5, 5.41) is 7.94. The molecule has 0 atom stereocenters. The lowest BCUT2D eigenvalue weighted by Crippen LogP contribution is -2.23. The molecule has 1 N–H and O–H groups in total. The van der Waals surface area contributed by atoms with Crippen LogP contribution in [-0.4, -0.2) is 6.54 Å². The predicted octanol–water partition coefficient (Wildman–Crippen LogP) is 3.42. The first-order chi connectivity index (χ1) is 6.95. The van der Waals surface area contributed by atoms with Gasteiger partial charge in [-0.25, -0.2) is 0 Å². The van der Waals surface area contributed by atoms with Gasteiger partial charge in [0, 0.05) is 6.54 Å². The van der Waals surface area contributed by atoms with E-state index in [9.17, 15) is 0 Å². The highest BCUT2D eigenvalue weighted by Gasteiger charge is 2.12. The minimum Gasteiger partial charge on any atom is -0.312 e. The second-order valence-corrected chi connectivity index (χ2v) is 5.05. The zero-order valence-corrected chi connectivity index (χ0v) is 9.48. The molecule has 1 fully saturated rings. The molecule has 2 rings (SSSR count). The molecule has 1 heterocycles. The fourth-order valence-electron chi connectivity index (χ4n) is 2.21. The highest BCUT2D eigenvalue weighted by atomic mass is 32.1. The Kier molecular flexibility index (Phi) is 4.02. The van der Waals surface area contributed by atoms with Crippen LogP contribution in [0.25, 0.3) is 0 Å². The van der Waals surface area contributed by atoms with Crippen LogP contribution in [0.5, 0.6) is 0 Å². The molecule has 1 nitrogen and oxygen atoms in total. The summed E-state index contributed by atoms with van der Waals surface area (Å²) in [5.41, 5.74) is 1.44. The number of nitrogens with one attached hydrogen (secondary N) is 1. The molecule has 0 spiro atoms. The van der Waals surface area contributed by atoms with Crippen molar-refractivity contribution in [3.63, 3.8) is 0 Å². The van der Waals surface area contributed by atoms with Crippen LogP contribution in [-0.2, 0) is 6.54 Å². The van der Waals surface area contributed by atoms with E-state index in [1.54, 1.807) is 11.3 Å². The van der Waals surface area contributed by atoms with Crippen LogP contribution in [0, 0.1) is 5.92 Å². The van der Waals surface area contributed by atoms with Crippen LogP contribution in [0.15, 0.2) is 16.8 Å². The Morgan fingerprint density at radius 3 is 2.86 bits per heavy atom. The second-order valence-electron chi connectivity index (χ2n) is 4.27. The van der Waals surface area contributed by atoms with Gasteiger partial charge in [-0.15, -0.1) is 0 Å². The molecule has 1 aromatic heterocycles. The van der Waals surface area contributed by atoms with Crippen LogP contribution in [0.4, 0.5) is 0 Å². The Morgan fingerprint density at radius 2 is 2.14 bits per heavy atom. The van der Waals surface area contributed by atoms with Crippen LogP contribution >= 0.6 is 11.3 Å². The maximum absolute atomic E-state index is 3.56. The van der Waals surface area contributed by atoms with E-state index in [4.69, 9.17) is 0 Å². The van der Waals surface area contributed by atoms with Crippen molar-refractivity contribution >= 4 is 11.3 Å². The smallest absolute Gasteiger partial charge is 0.0213 e. The Labute approximate surface area is 90.5 Å². The Morgan fingerprint density at radius 1 is 1.29 bits per heavy atom. The van der Waals surface area contributed by atoms with Crippen LogP contribution in [0.3, 0.4) is 0 Å². The van der Waals surface area contributed by atoms with Crippen molar-refractivity contribution in [3.05, 3.63) is 22.4 Å². The SMILES string of the molecule is c1cc(CNCC2CCCCC2)cs1. The summed E-state index contributed by atoms with van der Waals surface area (Å²) >= 11 is 1.79. The van der Waals surface area contributed by atoms with E-state index in [0.717, 1.165) is 12.5 Å². The van der Waals surface area contributed by atoms with Crippen molar-refractivity contribution in [3.8, 4) is 0 Å². The van der Waals surface area contributed by atoms with Crippen molar-refractivity contribution in [2.24, 2.45) is 5.92 Å². The zero-order valence-electron chi connectivity index (χ0n) is 8.67. The first kappa shape index (κ1) is 10.2. The lowest BCUT2D eigenvalue weighted by Gasteiger charge is -2.21. The summed E-state index contributed by atoms with van der Waals surface area (Å²) in [5.74, 6) is 0.947. The maximum atomic E-state index is 3.56. The van der Waals surface area contributed by atoms with Crippen molar-refractivity contribution in [2.75, 3.05) is 6.54 Å². The number of hydrogen-bond donors (Lipinski definition) is 1. The topological polar surface area (TPSA) is 12.0 Å².